The summed E-state index contributed by atoms with van der Waals surface area (Å²) in [5.74, 6) is 5.86. The number of nitrogens with one attached hydrogen (secondary N) is 1. The van der Waals surface area contributed by atoms with Gasteiger partial charge in [-0.15, -0.1) is 0 Å². The standard InChI is InChI=1S/C15H18BrNO2/c1-11-7-8-12(10-13(11)16)6-5-9-17-14(18)19-15(2,3)4/h7-8,10H,9H2,1-4H3,(H,17,18). The molecular weight excluding hydrogens is 306 g/mol. The van der Waals surface area contributed by atoms with Gasteiger partial charge in [-0.2, -0.15) is 0 Å². The van der Waals surface area contributed by atoms with Gasteiger partial charge in [-0.05, 0) is 45.4 Å². The van der Waals surface area contributed by atoms with Gasteiger partial charge >= 0.3 is 6.09 Å². The predicted molar refractivity (Wildman–Crippen MR) is 80.0 cm³/mol. The lowest BCUT2D eigenvalue weighted by molar-refractivity contribution is 0.0535. The lowest BCUT2D eigenvalue weighted by atomic mass is 10.1. The highest BCUT2D eigenvalue weighted by atomic mass is 79.9. The fourth-order valence-corrected chi connectivity index (χ4v) is 1.63. The van der Waals surface area contributed by atoms with Gasteiger partial charge in [0.1, 0.15) is 5.60 Å². The molecule has 0 heterocycles. The molecule has 0 unspecified atom stereocenters. The van der Waals surface area contributed by atoms with E-state index < -0.39 is 11.7 Å². The van der Waals surface area contributed by atoms with Gasteiger partial charge in [0.2, 0.25) is 0 Å². The van der Waals surface area contributed by atoms with Crippen molar-refractivity contribution in [3.63, 3.8) is 0 Å². The molecule has 19 heavy (non-hydrogen) atoms. The van der Waals surface area contributed by atoms with Gasteiger partial charge in [-0.25, -0.2) is 4.79 Å². The molecule has 0 bridgehead atoms. The van der Waals surface area contributed by atoms with Crippen LogP contribution in [0, 0.1) is 18.8 Å². The Morgan fingerprint density at radius 1 is 1.42 bits per heavy atom. The molecule has 0 saturated heterocycles. The molecule has 1 rings (SSSR count). The average molecular weight is 324 g/mol. The highest BCUT2D eigenvalue weighted by Crippen LogP contribution is 2.16. The molecule has 102 valence electrons. The van der Waals surface area contributed by atoms with Gasteiger partial charge < -0.3 is 10.1 Å². The molecule has 0 aliphatic rings. The number of aryl methyl sites for hydroxylation is 1. The molecule has 0 spiro atoms. The fraction of sp³-hybridized carbons (Fsp3) is 0.400. The Kier molecular flexibility index (Phi) is 5.44. The molecular formula is C15H18BrNO2. The summed E-state index contributed by atoms with van der Waals surface area (Å²) in [5, 5.41) is 2.59. The topological polar surface area (TPSA) is 38.3 Å². The molecule has 3 nitrogen and oxygen atoms in total. The lowest BCUT2D eigenvalue weighted by Crippen LogP contribution is -2.32. The molecule has 0 aliphatic carbocycles. The summed E-state index contributed by atoms with van der Waals surface area (Å²) in [4.78, 5) is 11.4. The Balaban J connectivity index is 2.47. The van der Waals surface area contributed by atoms with Gasteiger partial charge in [0.15, 0.2) is 0 Å². The summed E-state index contributed by atoms with van der Waals surface area (Å²) >= 11 is 3.45. The Hall–Kier alpha value is -1.47. The molecule has 0 atom stereocenters. The van der Waals surface area contributed by atoms with Crippen LogP contribution < -0.4 is 5.32 Å². The smallest absolute Gasteiger partial charge is 0.408 e. The van der Waals surface area contributed by atoms with Gasteiger partial charge in [0.05, 0.1) is 6.54 Å². The van der Waals surface area contributed by atoms with Crippen molar-refractivity contribution in [2.24, 2.45) is 0 Å². The Morgan fingerprint density at radius 2 is 2.11 bits per heavy atom. The van der Waals surface area contributed by atoms with E-state index in [0.29, 0.717) is 0 Å². The van der Waals surface area contributed by atoms with E-state index in [1.165, 1.54) is 0 Å². The van der Waals surface area contributed by atoms with Gasteiger partial charge in [-0.3, -0.25) is 0 Å². The first-order valence-corrected chi connectivity index (χ1v) is 6.79. The van der Waals surface area contributed by atoms with E-state index in [9.17, 15) is 4.79 Å². The normalized spacial score (nSPS) is 10.4. The largest absolute Gasteiger partial charge is 0.444 e. The van der Waals surface area contributed by atoms with Crippen molar-refractivity contribution in [3.05, 3.63) is 33.8 Å². The molecule has 0 aliphatic heterocycles. The number of hydrogen-bond acceptors (Lipinski definition) is 2. The van der Waals surface area contributed by atoms with Crippen molar-refractivity contribution in [3.8, 4) is 11.8 Å². The Labute approximate surface area is 122 Å². The van der Waals surface area contributed by atoms with Crippen LogP contribution >= 0.6 is 15.9 Å². The van der Waals surface area contributed by atoms with Crippen LogP contribution in [0.1, 0.15) is 31.9 Å². The van der Waals surface area contributed by atoms with E-state index in [1.54, 1.807) is 0 Å². The van der Waals surface area contributed by atoms with Gasteiger partial charge in [0, 0.05) is 10.0 Å². The van der Waals surface area contributed by atoms with Crippen LogP contribution in [0.4, 0.5) is 4.79 Å². The zero-order chi connectivity index (χ0) is 14.5. The first-order valence-electron chi connectivity index (χ1n) is 6.00. The maximum atomic E-state index is 11.4. The van der Waals surface area contributed by atoms with Gasteiger partial charge in [-0.1, -0.05) is 33.8 Å². The molecule has 0 saturated carbocycles. The summed E-state index contributed by atoms with van der Waals surface area (Å²) in [6.07, 6.45) is -0.452. The first kappa shape index (κ1) is 15.6. The summed E-state index contributed by atoms with van der Waals surface area (Å²) in [5.41, 5.74) is 1.58. The number of carbonyl (C=O) groups is 1. The maximum Gasteiger partial charge on any atom is 0.408 e. The maximum absolute atomic E-state index is 11.4. The lowest BCUT2D eigenvalue weighted by Gasteiger charge is -2.18. The zero-order valence-electron chi connectivity index (χ0n) is 11.6. The van der Waals surface area contributed by atoms with E-state index in [0.717, 1.165) is 15.6 Å². The number of rotatable bonds is 1. The van der Waals surface area contributed by atoms with Crippen molar-refractivity contribution in [1.82, 2.24) is 5.32 Å². The second-order valence-corrected chi connectivity index (χ2v) is 5.98. The second-order valence-electron chi connectivity index (χ2n) is 5.12. The molecule has 1 aromatic carbocycles. The summed E-state index contributed by atoms with van der Waals surface area (Å²) in [6, 6.07) is 5.89. The Morgan fingerprint density at radius 3 is 2.68 bits per heavy atom. The van der Waals surface area contributed by atoms with Gasteiger partial charge in [0.25, 0.3) is 0 Å². The number of amides is 1. The number of benzene rings is 1. The third-order valence-electron chi connectivity index (χ3n) is 2.12. The minimum atomic E-state index is -0.487. The minimum Gasteiger partial charge on any atom is -0.444 e. The number of carbonyl (C=O) groups excluding carboxylic acids is 1. The molecule has 0 fully saturated rings. The molecule has 0 radical (unpaired) electrons. The van der Waals surface area contributed by atoms with Crippen LogP contribution in [-0.2, 0) is 4.74 Å². The van der Waals surface area contributed by atoms with E-state index in [4.69, 9.17) is 4.74 Å². The number of alkyl carbamates (subject to hydrolysis) is 1. The SMILES string of the molecule is Cc1ccc(C#CCNC(=O)OC(C)(C)C)cc1Br. The summed E-state index contributed by atoms with van der Waals surface area (Å²) < 4.78 is 6.13. The number of ether oxygens (including phenoxy) is 1. The third-order valence-corrected chi connectivity index (χ3v) is 2.98. The van der Waals surface area contributed by atoms with Crippen molar-refractivity contribution in [2.75, 3.05) is 6.54 Å². The molecule has 4 heteroatoms. The summed E-state index contributed by atoms with van der Waals surface area (Å²) in [7, 11) is 0. The second kappa shape index (κ2) is 6.63. The molecule has 1 aromatic rings. The fourth-order valence-electron chi connectivity index (χ4n) is 1.25. The number of hydrogen-bond donors (Lipinski definition) is 1. The van der Waals surface area contributed by atoms with Crippen LogP contribution in [0.2, 0.25) is 0 Å². The quantitative estimate of drug-likeness (QED) is 0.801. The first-order chi connectivity index (χ1) is 8.78. The predicted octanol–water partition coefficient (Wildman–Crippen LogP) is 3.63. The molecule has 0 aromatic heterocycles. The van der Waals surface area contributed by atoms with E-state index in [-0.39, 0.29) is 6.54 Å². The van der Waals surface area contributed by atoms with Crippen molar-refractivity contribution >= 4 is 22.0 Å². The van der Waals surface area contributed by atoms with Crippen LogP contribution in [0.3, 0.4) is 0 Å². The van der Waals surface area contributed by atoms with E-state index in [1.807, 2.05) is 45.9 Å². The van der Waals surface area contributed by atoms with Crippen LogP contribution in [-0.4, -0.2) is 18.2 Å². The van der Waals surface area contributed by atoms with Crippen molar-refractivity contribution < 1.29 is 9.53 Å². The van der Waals surface area contributed by atoms with Crippen LogP contribution in [0.5, 0.6) is 0 Å². The van der Waals surface area contributed by atoms with Crippen LogP contribution in [0.15, 0.2) is 22.7 Å². The average Bonchev–Trinajstić information content (AvgIpc) is 2.27. The number of halogens is 1. The van der Waals surface area contributed by atoms with E-state index >= 15 is 0 Å². The zero-order valence-corrected chi connectivity index (χ0v) is 13.2. The van der Waals surface area contributed by atoms with Crippen molar-refractivity contribution in [2.45, 2.75) is 33.3 Å². The minimum absolute atomic E-state index is 0.264. The molecule has 1 amide bonds. The highest BCUT2D eigenvalue weighted by Gasteiger charge is 2.14. The Bertz CT molecular complexity index is 521. The summed E-state index contributed by atoms with van der Waals surface area (Å²) in [6.45, 7) is 7.75. The monoisotopic (exact) mass is 323 g/mol. The molecule has 1 N–H and O–H groups in total. The van der Waals surface area contributed by atoms with Crippen LogP contribution in [0.25, 0.3) is 0 Å². The van der Waals surface area contributed by atoms with Crippen molar-refractivity contribution in [1.29, 1.82) is 0 Å². The highest BCUT2D eigenvalue weighted by molar-refractivity contribution is 9.10. The van der Waals surface area contributed by atoms with E-state index in [2.05, 4.69) is 33.1 Å². The third kappa shape index (κ3) is 6.30.